The van der Waals surface area contributed by atoms with Crippen molar-refractivity contribution in [1.29, 1.82) is 0 Å². The summed E-state index contributed by atoms with van der Waals surface area (Å²) in [5, 5.41) is 18.1. The van der Waals surface area contributed by atoms with E-state index in [2.05, 4.69) is 14.9 Å². The predicted molar refractivity (Wildman–Crippen MR) is 57.8 cm³/mol. The fourth-order valence-electron chi connectivity index (χ4n) is 1.53. The maximum absolute atomic E-state index is 13.3. The normalized spacial score (nSPS) is 11.9. The predicted octanol–water partition coefficient (Wildman–Crippen LogP) is 1.69. The number of halogens is 4. The van der Waals surface area contributed by atoms with Gasteiger partial charge in [0, 0.05) is 6.42 Å². The number of hydrogen-bond donors (Lipinski definition) is 2. The van der Waals surface area contributed by atoms with E-state index in [-0.39, 0.29) is 31.2 Å². The number of rotatable bonds is 6. The number of benzene rings is 1. The van der Waals surface area contributed by atoms with E-state index in [1.165, 1.54) is 0 Å². The minimum Gasteiger partial charge on any atom is -0.371 e. The lowest BCUT2D eigenvalue weighted by atomic mass is 10.1. The molecule has 1 aromatic rings. The highest BCUT2D eigenvalue weighted by atomic mass is 28.2. The molecule has 2 N–H and O–H groups in total. The molecule has 0 aliphatic carbocycles. The summed E-state index contributed by atoms with van der Waals surface area (Å²) in [5.41, 5.74) is -0.308. The summed E-state index contributed by atoms with van der Waals surface area (Å²) < 4.78 is 55.9. The quantitative estimate of drug-likeness (QED) is 0.210. The van der Waals surface area contributed by atoms with E-state index in [1.54, 1.807) is 0 Å². The van der Waals surface area contributed by atoms with Crippen molar-refractivity contribution < 1.29 is 32.2 Å². The van der Waals surface area contributed by atoms with Gasteiger partial charge in [0.2, 0.25) is 0 Å². The van der Waals surface area contributed by atoms with Crippen molar-refractivity contribution in [2.24, 2.45) is 0 Å². The van der Waals surface area contributed by atoms with Gasteiger partial charge in [0.05, 0.1) is 0 Å². The molecule has 0 aliphatic heterocycles. The Balaban J connectivity index is 2.60. The second kappa shape index (κ2) is 6.46. The molecule has 0 heterocycles. The molecule has 0 aromatic heterocycles. The molecule has 0 spiro atoms. The van der Waals surface area contributed by atoms with Crippen LogP contribution in [-0.4, -0.2) is 26.7 Å². The minimum absolute atomic E-state index is 0.0717. The molecule has 0 aliphatic rings. The molecule has 0 saturated heterocycles. The van der Waals surface area contributed by atoms with Crippen LogP contribution >= 0.6 is 0 Å². The smallest absolute Gasteiger partial charge is 0.267 e. The molecule has 3 radical (unpaired) electrons. The molecule has 0 atom stereocenters. The van der Waals surface area contributed by atoms with Crippen molar-refractivity contribution in [3.05, 3.63) is 34.9 Å². The topological polar surface area (TPSA) is 49.7 Å². The molecule has 105 valence electrons. The van der Waals surface area contributed by atoms with Gasteiger partial charge in [-0.15, -0.1) is 0 Å². The van der Waals surface area contributed by atoms with E-state index < -0.39 is 29.2 Å². The molecule has 8 heteroatoms. The van der Waals surface area contributed by atoms with Gasteiger partial charge in [-0.1, -0.05) is 0 Å². The van der Waals surface area contributed by atoms with E-state index in [0.717, 1.165) is 0 Å². The van der Waals surface area contributed by atoms with Crippen LogP contribution in [0.15, 0.2) is 6.07 Å². The molecule has 3 nitrogen and oxygen atoms in total. The molecular weight excluding hydrogens is 284 g/mol. The zero-order chi connectivity index (χ0) is 14.6. The molecule has 0 unspecified atom stereocenters. The Morgan fingerprint density at radius 2 is 1.68 bits per heavy atom. The summed E-state index contributed by atoms with van der Waals surface area (Å²) in [7, 11) is 2.45. The van der Waals surface area contributed by atoms with Crippen LogP contribution in [0.2, 0.25) is 0 Å². The van der Waals surface area contributed by atoms with Gasteiger partial charge in [0.15, 0.2) is 23.3 Å². The lowest BCUT2D eigenvalue weighted by Gasteiger charge is -2.19. The minimum atomic E-state index is -2.37. The fourth-order valence-corrected chi connectivity index (χ4v) is 1.63. The Morgan fingerprint density at radius 1 is 1.05 bits per heavy atom. The first-order chi connectivity index (χ1) is 8.78. The third kappa shape index (κ3) is 4.27. The average Bonchev–Trinajstić information content (AvgIpc) is 2.37. The second-order valence-electron chi connectivity index (χ2n) is 4.01. The summed E-state index contributed by atoms with van der Waals surface area (Å²) in [6.07, 6.45) is 0.138. The van der Waals surface area contributed by atoms with Crippen LogP contribution in [0.25, 0.3) is 0 Å². The molecule has 0 fully saturated rings. The van der Waals surface area contributed by atoms with Gasteiger partial charge in [-0.05, 0) is 30.9 Å². The van der Waals surface area contributed by atoms with E-state index in [4.69, 9.17) is 10.2 Å². The van der Waals surface area contributed by atoms with Gasteiger partial charge >= 0.3 is 0 Å². The molecule has 1 aromatic carbocycles. The van der Waals surface area contributed by atoms with Crippen LogP contribution in [0, 0.1) is 23.3 Å². The van der Waals surface area contributed by atoms with Gasteiger partial charge in [0.25, 0.3) is 16.5 Å². The van der Waals surface area contributed by atoms with Crippen molar-refractivity contribution in [1.82, 2.24) is 0 Å². The van der Waals surface area contributed by atoms with Crippen LogP contribution in [0.3, 0.4) is 0 Å². The highest BCUT2D eigenvalue weighted by Crippen LogP contribution is 2.21. The standard InChI is InChI=1S/C11H11F4O3Si/c12-7-5-6(8(13)10(15)9(7)14)3-1-2-4-11(16,17)18-19/h5,16-17H,1-4H2. The zero-order valence-electron chi connectivity index (χ0n) is 9.72. The van der Waals surface area contributed by atoms with E-state index >= 15 is 0 Å². The van der Waals surface area contributed by atoms with Gasteiger partial charge in [0.1, 0.15) is 0 Å². The molecule has 0 amide bonds. The van der Waals surface area contributed by atoms with Gasteiger partial charge < -0.3 is 14.6 Å². The van der Waals surface area contributed by atoms with Gasteiger partial charge in [-0.3, -0.25) is 0 Å². The molecule has 1 rings (SSSR count). The summed E-state index contributed by atoms with van der Waals surface area (Å²) in [6, 6.07) is 0.583. The maximum atomic E-state index is 13.3. The van der Waals surface area contributed by atoms with Crippen LogP contribution in [0.4, 0.5) is 17.6 Å². The Labute approximate surface area is 110 Å². The largest absolute Gasteiger partial charge is 0.371 e. The van der Waals surface area contributed by atoms with E-state index in [1.807, 2.05) is 0 Å². The van der Waals surface area contributed by atoms with Crippen molar-refractivity contribution in [2.45, 2.75) is 31.7 Å². The SMILES string of the molecule is OC(O)(CCCCc1cc(F)c(F)c(F)c1F)O[Si]. The summed E-state index contributed by atoms with van der Waals surface area (Å²) in [5.74, 6) is -8.96. The Hall–Kier alpha value is -0.963. The van der Waals surface area contributed by atoms with Crippen molar-refractivity contribution in [2.75, 3.05) is 0 Å². The van der Waals surface area contributed by atoms with Gasteiger partial charge in [-0.2, -0.15) is 0 Å². The third-order valence-electron chi connectivity index (χ3n) is 2.54. The van der Waals surface area contributed by atoms with Crippen molar-refractivity contribution >= 4 is 10.5 Å². The Bertz CT molecular complexity index is 454. The van der Waals surface area contributed by atoms with Crippen LogP contribution in [0.1, 0.15) is 24.8 Å². The third-order valence-corrected chi connectivity index (χ3v) is 2.87. The Morgan fingerprint density at radius 3 is 2.26 bits per heavy atom. The number of aryl methyl sites for hydroxylation is 1. The monoisotopic (exact) mass is 295 g/mol. The summed E-state index contributed by atoms with van der Waals surface area (Å²) in [4.78, 5) is 0. The highest BCUT2D eigenvalue weighted by molar-refractivity contribution is 5.98. The Kier molecular flexibility index (Phi) is 5.47. The van der Waals surface area contributed by atoms with Gasteiger partial charge in [-0.25, -0.2) is 17.6 Å². The average molecular weight is 295 g/mol. The molecule has 0 saturated carbocycles. The lowest BCUT2D eigenvalue weighted by molar-refractivity contribution is -0.295. The highest BCUT2D eigenvalue weighted by Gasteiger charge is 2.21. The molecular formula is C11H11F4O3Si. The number of unbranched alkanes of at least 4 members (excludes halogenated alkanes) is 1. The van der Waals surface area contributed by atoms with E-state index in [0.29, 0.717) is 6.07 Å². The van der Waals surface area contributed by atoms with Crippen LogP contribution < -0.4 is 0 Å². The molecule has 19 heavy (non-hydrogen) atoms. The van der Waals surface area contributed by atoms with Crippen molar-refractivity contribution in [3.63, 3.8) is 0 Å². The lowest BCUT2D eigenvalue weighted by Crippen LogP contribution is -2.30. The number of aliphatic hydroxyl groups is 2. The van der Waals surface area contributed by atoms with E-state index in [9.17, 15) is 17.6 Å². The first-order valence-electron chi connectivity index (χ1n) is 5.40. The van der Waals surface area contributed by atoms with Crippen molar-refractivity contribution in [3.8, 4) is 0 Å². The molecule has 0 bridgehead atoms. The van der Waals surface area contributed by atoms with Crippen LogP contribution in [0.5, 0.6) is 0 Å². The summed E-state index contributed by atoms with van der Waals surface area (Å²) in [6.45, 7) is 0. The first-order valence-corrected chi connectivity index (χ1v) is 5.80. The first kappa shape index (κ1) is 16.1. The number of hydrogen-bond acceptors (Lipinski definition) is 3. The summed E-state index contributed by atoms with van der Waals surface area (Å²) >= 11 is 0. The maximum Gasteiger partial charge on any atom is 0.267 e. The second-order valence-corrected chi connectivity index (χ2v) is 4.22. The van der Waals surface area contributed by atoms with Crippen LogP contribution in [-0.2, 0) is 10.8 Å². The zero-order valence-corrected chi connectivity index (χ0v) is 10.7. The fraction of sp³-hybridized carbons (Fsp3) is 0.455.